The molecule has 3 N–H and O–H groups in total. The first-order valence-corrected chi connectivity index (χ1v) is 17.9. The molecule has 42 heavy (non-hydrogen) atoms. The Kier molecular flexibility index (Phi) is 7.45. The number of phenols is 1. The van der Waals surface area contributed by atoms with E-state index >= 15 is 0 Å². The molecule has 6 heterocycles. The summed E-state index contributed by atoms with van der Waals surface area (Å²) in [4.78, 5) is 8.13. The summed E-state index contributed by atoms with van der Waals surface area (Å²) < 4.78 is 0. The van der Waals surface area contributed by atoms with Gasteiger partial charge in [-0.2, -0.15) is 0 Å². The minimum atomic E-state index is -1.18. The van der Waals surface area contributed by atoms with E-state index in [2.05, 4.69) is 28.9 Å². The molecule has 9 heteroatoms. The fourth-order valence-corrected chi connectivity index (χ4v) is 10.7. The molecule has 0 spiro atoms. The summed E-state index contributed by atoms with van der Waals surface area (Å²) in [6.07, 6.45) is 3.49. The van der Waals surface area contributed by atoms with Crippen LogP contribution in [0.5, 0.6) is 5.75 Å². The van der Waals surface area contributed by atoms with Gasteiger partial charge in [-0.3, -0.25) is 0 Å². The van der Waals surface area contributed by atoms with Gasteiger partial charge in [0.15, 0.2) is 17.0 Å². The summed E-state index contributed by atoms with van der Waals surface area (Å²) in [6, 6.07) is 19.7. The molecule has 5 nitrogen and oxygen atoms in total. The summed E-state index contributed by atoms with van der Waals surface area (Å²) in [6.45, 7) is 3.56. The Bertz CT molecular complexity index is 1430. The Balaban J connectivity index is 1.31. The average molecular weight is 635 g/mol. The van der Waals surface area contributed by atoms with Crippen molar-refractivity contribution in [2.24, 2.45) is 0 Å². The van der Waals surface area contributed by atoms with E-state index in [1.54, 1.807) is 45.3 Å². The molecule has 0 aliphatic carbocycles. The van der Waals surface area contributed by atoms with Gasteiger partial charge >= 0.3 is 0 Å². The molecule has 0 amide bonds. The first-order valence-electron chi connectivity index (χ1n) is 14.4. The lowest BCUT2D eigenvalue weighted by Gasteiger charge is -2.41. The van der Waals surface area contributed by atoms with Crippen LogP contribution in [0.2, 0.25) is 0 Å². The van der Waals surface area contributed by atoms with Crippen molar-refractivity contribution >= 4 is 56.7 Å². The number of aromatic hydroxyl groups is 1. The van der Waals surface area contributed by atoms with Gasteiger partial charge in [0.2, 0.25) is 0 Å². The van der Waals surface area contributed by atoms with Gasteiger partial charge in [-0.15, -0.1) is 45.3 Å². The van der Waals surface area contributed by atoms with Gasteiger partial charge in [0, 0.05) is 32.6 Å². The maximum Gasteiger partial charge on any atom is 0.162 e. The van der Waals surface area contributed by atoms with E-state index < -0.39 is 11.2 Å². The predicted octanol–water partition coefficient (Wildman–Crippen LogP) is 7.76. The number of thiophene rings is 4. The molecular weight excluding hydrogens is 601 g/mol. The molecule has 0 saturated carbocycles. The number of hydrogen-bond acceptors (Lipinski definition) is 9. The van der Waals surface area contributed by atoms with Gasteiger partial charge in [-0.1, -0.05) is 24.3 Å². The zero-order valence-electron chi connectivity index (χ0n) is 23.3. The monoisotopic (exact) mass is 634 g/mol. The van der Waals surface area contributed by atoms with Gasteiger partial charge in [0.1, 0.15) is 0 Å². The summed E-state index contributed by atoms with van der Waals surface area (Å²) in [7, 11) is 0. The van der Waals surface area contributed by atoms with Crippen molar-refractivity contribution in [3.63, 3.8) is 0 Å². The Morgan fingerprint density at radius 1 is 0.643 bits per heavy atom. The minimum absolute atomic E-state index is 0.221. The minimum Gasteiger partial charge on any atom is -0.504 e. The number of phenolic OH excluding ortho intramolecular Hbond substituents is 1. The number of aliphatic hydroxyl groups is 2. The van der Waals surface area contributed by atoms with E-state index in [1.807, 2.05) is 70.1 Å². The second kappa shape index (κ2) is 11.1. The van der Waals surface area contributed by atoms with Gasteiger partial charge in [-0.25, -0.2) is 0 Å². The SMILES string of the molecule is Cc1cc(N2CCC[C@@H]2C(O)(c2cccs2)c2cccs2)c(O)c(N2CCC[C@@H]2C(O)(c2cccs2)c2cccs2)c1. The topological polar surface area (TPSA) is 67.2 Å². The molecule has 7 rings (SSSR count). The summed E-state index contributed by atoms with van der Waals surface area (Å²) in [5.74, 6) is 0.221. The normalized spacial score (nSPS) is 19.7. The standard InChI is InChI=1S/C33H34N2O3S4/c1-22-20-23(34-14-2-8-25(34)32(37,27-10-4-16-39-27)28-11-5-17-40-28)31(36)24(21-22)35-15-3-9-26(35)33(38,29-12-6-18-41-29)30-13-7-19-42-30/h4-7,10-13,16-21,25-26,36-38H,2-3,8-9,14-15H2,1H3/t25-,26-/m1/s1. The molecule has 0 unspecified atom stereocenters. The second-order valence-corrected chi connectivity index (χ2v) is 15.1. The lowest BCUT2D eigenvalue weighted by Crippen LogP contribution is -2.48. The van der Waals surface area contributed by atoms with Crippen LogP contribution in [0.4, 0.5) is 11.4 Å². The third-order valence-corrected chi connectivity index (χ3v) is 12.9. The first-order chi connectivity index (χ1) is 20.4. The molecule has 2 aliphatic rings. The van der Waals surface area contributed by atoms with Gasteiger partial charge in [0.25, 0.3) is 0 Å². The Morgan fingerprint density at radius 2 is 1.00 bits per heavy atom. The van der Waals surface area contributed by atoms with Crippen LogP contribution >= 0.6 is 45.3 Å². The summed E-state index contributed by atoms with van der Waals surface area (Å²) in [5.41, 5.74) is 0.190. The van der Waals surface area contributed by atoms with Crippen molar-refractivity contribution in [2.75, 3.05) is 22.9 Å². The predicted molar refractivity (Wildman–Crippen MR) is 177 cm³/mol. The summed E-state index contributed by atoms with van der Waals surface area (Å²) >= 11 is 6.31. The smallest absolute Gasteiger partial charge is 0.162 e. The molecular formula is C33H34N2O3S4. The van der Waals surface area contributed by atoms with Gasteiger partial charge in [0.05, 0.1) is 23.5 Å². The zero-order chi connectivity index (χ0) is 28.9. The fourth-order valence-electron chi connectivity index (χ4n) is 7.04. The average Bonchev–Trinajstić information content (AvgIpc) is 3.85. The molecule has 2 aliphatic heterocycles. The van der Waals surface area contributed by atoms with Crippen molar-refractivity contribution in [2.45, 2.75) is 55.9 Å². The maximum atomic E-state index is 12.5. The van der Waals surface area contributed by atoms with Crippen LogP contribution in [-0.2, 0) is 11.2 Å². The molecule has 5 aromatic rings. The van der Waals surface area contributed by atoms with Crippen molar-refractivity contribution in [3.8, 4) is 5.75 Å². The largest absolute Gasteiger partial charge is 0.504 e. The highest BCUT2D eigenvalue weighted by Crippen LogP contribution is 2.51. The van der Waals surface area contributed by atoms with Crippen LogP contribution in [-0.4, -0.2) is 40.5 Å². The molecule has 0 radical (unpaired) electrons. The van der Waals surface area contributed by atoms with E-state index in [-0.39, 0.29) is 17.8 Å². The fraction of sp³-hybridized carbons (Fsp3) is 0.333. The molecule has 1 aromatic carbocycles. The number of benzene rings is 1. The summed E-state index contributed by atoms with van der Waals surface area (Å²) in [5, 5.41) is 45.2. The van der Waals surface area contributed by atoms with Crippen molar-refractivity contribution in [3.05, 3.63) is 107 Å². The van der Waals surface area contributed by atoms with Crippen molar-refractivity contribution in [1.82, 2.24) is 0 Å². The van der Waals surface area contributed by atoms with E-state index in [0.29, 0.717) is 0 Å². The lowest BCUT2D eigenvalue weighted by atomic mass is 9.87. The third kappa shape index (κ3) is 4.44. The van der Waals surface area contributed by atoms with E-state index in [4.69, 9.17) is 0 Å². The Morgan fingerprint density at radius 3 is 1.31 bits per heavy atom. The highest BCUT2D eigenvalue weighted by molar-refractivity contribution is 7.12. The van der Waals surface area contributed by atoms with Crippen LogP contribution in [0.15, 0.2) is 82.2 Å². The van der Waals surface area contributed by atoms with E-state index in [9.17, 15) is 15.3 Å². The number of aryl methyl sites for hydroxylation is 1. The molecule has 218 valence electrons. The molecule has 2 atom stereocenters. The number of nitrogens with zero attached hydrogens (tertiary/aromatic N) is 2. The zero-order valence-corrected chi connectivity index (χ0v) is 26.6. The van der Waals surface area contributed by atoms with Crippen molar-refractivity contribution in [1.29, 1.82) is 0 Å². The van der Waals surface area contributed by atoms with E-state index in [1.165, 1.54) is 0 Å². The van der Waals surface area contributed by atoms with E-state index in [0.717, 1.165) is 75.2 Å². The van der Waals surface area contributed by atoms with Crippen molar-refractivity contribution < 1.29 is 15.3 Å². The number of hydrogen-bond donors (Lipinski definition) is 3. The molecule has 4 aromatic heterocycles. The molecule has 2 saturated heterocycles. The third-order valence-electron chi connectivity index (χ3n) is 8.89. The molecule has 2 fully saturated rings. The van der Waals surface area contributed by atoms with Crippen LogP contribution < -0.4 is 9.80 Å². The lowest BCUT2D eigenvalue weighted by molar-refractivity contribution is 0.0601. The van der Waals surface area contributed by atoms with Gasteiger partial charge < -0.3 is 25.1 Å². The Hall–Kier alpha value is -2.66. The van der Waals surface area contributed by atoms with Crippen LogP contribution in [0.25, 0.3) is 0 Å². The number of anilines is 2. The quantitative estimate of drug-likeness (QED) is 0.163. The number of rotatable bonds is 8. The second-order valence-electron chi connectivity index (χ2n) is 11.3. The van der Waals surface area contributed by atoms with Crippen LogP contribution in [0, 0.1) is 6.92 Å². The first kappa shape index (κ1) is 28.1. The van der Waals surface area contributed by atoms with Crippen LogP contribution in [0.1, 0.15) is 50.8 Å². The van der Waals surface area contributed by atoms with Crippen LogP contribution in [0.3, 0.4) is 0 Å². The highest BCUT2D eigenvalue weighted by Gasteiger charge is 2.50. The molecule has 0 bridgehead atoms. The van der Waals surface area contributed by atoms with Gasteiger partial charge in [-0.05, 0) is 96.1 Å². The highest BCUT2D eigenvalue weighted by atomic mass is 32.1. The maximum absolute atomic E-state index is 12.5. The Labute approximate surface area is 262 Å².